The van der Waals surface area contributed by atoms with Crippen LogP contribution in [0.2, 0.25) is 0 Å². The van der Waals surface area contributed by atoms with Crippen molar-refractivity contribution in [1.82, 2.24) is 79.6 Å². The summed E-state index contributed by atoms with van der Waals surface area (Å²) in [5.41, 5.74) is 8.72. The number of piperidine rings is 1. The highest BCUT2D eigenvalue weighted by molar-refractivity contribution is 6.08. The summed E-state index contributed by atoms with van der Waals surface area (Å²) >= 11 is 0. The number of nitrogens with one attached hydrogen (secondary N) is 9. The second-order valence-electron chi connectivity index (χ2n) is 27.3. The monoisotopic (exact) mass is 1590 g/mol. The van der Waals surface area contributed by atoms with Crippen LogP contribution < -0.4 is 47.9 Å². The first-order chi connectivity index (χ1) is 58.0. The van der Waals surface area contributed by atoms with Crippen LogP contribution in [-0.4, -0.2) is 135 Å². The molecule has 119 heavy (non-hydrogen) atoms. The molecule has 598 valence electrons. The normalized spacial score (nSPS) is 12.7. The summed E-state index contributed by atoms with van der Waals surface area (Å²) in [4.78, 5) is 122. The molecule has 32 nitrogen and oxygen atoms in total. The van der Waals surface area contributed by atoms with Crippen molar-refractivity contribution in [3.05, 3.63) is 317 Å². The van der Waals surface area contributed by atoms with Crippen LogP contribution in [0.4, 0.5) is 47.6 Å². The molecule has 8 aromatic carbocycles. The lowest BCUT2D eigenvalue weighted by molar-refractivity contribution is -0.120. The molecule has 1 aliphatic heterocycles. The quantitative estimate of drug-likeness (QED) is 0.0342. The number of anilines is 8. The summed E-state index contributed by atoms with van der Waals surface area (Å²) < 4.78 is 5.97. The molecule has 1 saturated carbocycles. The SMILES string of the molecule is Cc1ccccc1C(=O)Nc1nc(NC(=O)C2CCCC2)n(-c2ccccc2)n1.Cc1ccccc1C(=O)Nc1nc(NC(=O)C2CCCNC2)n(-c2ccccc2)n1.Cc1ccccc1C(=O)Nc1nc(NC(=O)c2ccccn2)nn1-c1ccccc1.Cc1ccccc1C(=O)Nc1nc(NC(=O)c2cccnn2)n(-c2ccccc2)n1. The zero-order valence-corrected chi connectivity index (χ0v) is 65.1. The molecule has 1 atom stereocenters. The summed E-state index contributed by atoms with van der Waals surface area (Å²) in [6, 6.07) is 74.3. The van der Waals surface area contributed by atoms with E-state index >= 15 is 0 Å². The molecule has 7 heterocycles. The van der Waals surface area contributed by atoms with Crippen LogP contribution in [0.25, 0.3) is 22.7 Å². The number of nitrogens with zero attached hydrogens (tertiary/aromatic N) is 15. The number of hydrogen-bond acceptors (Lipinski definition) is 20. The first-order valence-electron chi connectivity index (χ1n) is 38.2. The van der Waals surface area contributed by atoms with E-state index in [1.54, 1.807) is 77.5 Å². The highest BCUT2D eigenvalue weighted by atomic mass is 16.2. The van der Waals surface area contributed by atoms with Gasteiger partial charge in [-0.15, -0.1) is 25.5 Å². The summed E-state index contributed by atoms with van der Waals surface area (Å²) in [5.74, 6) is -1.20. The van der Waals surface area contributed by atoms with Crippen LogP contribution in [0.5, 0.6) is 0 Å². The van der Waals surface area contributed by atoms with E-state index in [9.17, 15) is 38.4 Å². The van der Waals surface area contributed by atoms with Gasteiger partial charge in [-0.3, -0.25) is 85.9 Å². The zero-order chi connectivity index (χ0) is 83.0. The Bertz CT molecular complexity index is 5880. The maximum Gasteiger partial charge on any atom is 0.278 e. The number of pyridine rings is 1. The molecule has 0 radical (unpaired) electrons. The Morgan fingerprint density at radius 3 is 0.966 bits per heavy atom. The first kappa shape index (κ1) is 81.3. The van der Waals surface area contributed by atoms with Gasteiger partial charge in [-0.2, -0.15) is 43.8 Å². The number of hydrogen-bond donors (Lipinski definition) is 9. The topological polar surface area (TPSA) is 406 Å². The number of amides is 8. The third-order valence-corrected chi connectivity index (χ3v) is 18.9. The van der Waals surface area contributed by atoms with Gasteiger partial charge in [0.2, 0.25) is 35.6 Å². The first-order valence-corrected chi connectivity index (χ1v) is 38.2. The standard InChI is InChI=1S/C22H18N6O2.C22H24N6O2.C22H23N5O2.C21H17N7O2/c1-15-9-5-6-12-17(15)19(29)25-22-26-21(24-20(30)18-13-7-8-14-23-18)27-28(22)16-10-3-2-4-11-16;1-15-8-5-6-12-18(15)20(30)24-21-26-22(25-19(29)16-9-7-13-23-14-16)28(27-21)17-10-3-2-4-11-17;1-15-9-5-8-14-18(15)20(29)23-21-25-22(24-19(28)16-10-6-7-11-16)27(26-21)17-12-3-2-4-13-17;1-14-8-5-6-11-16(14)18(29)23-20-25-21(24-19(30)17-12-7-13-22-26-17)28(27-20)15-9-3-2-4-10-15/h2-14H,1H3,(H2,24,25,26,27,29,30);2-6,8,10-12,16,23H,7,9,13-14H2,1H3,(H2,24,25,26,27,29,30);2-5,8-9,12-14,16H,6-7,10-11H2,1H3,(H2,23,24,25,26,28,29);2-13H,1H3,(H2,23,24,25,27,29,30). The van der Waals surface area contributed by atoms with Crippen molar-refractivity contribution in [2.45, 2.75) is 66.2 Å². The molecule has 1 aliphatic carbocycles. The third-order valence-electron chi connectivity index (χ3n) is 18.9. The van der Waals surface area contributed by atoms with Crippen molar-refractivity contribution < 1.29 is 38.4 Å². The number of rotatable bonds is 20. The van der Waals surface area contributed by atoms with Crippen LogP contribution in [0.1, 0.15) is 123 Å². The second-order valence-corrected chi connectivity index (χ2v) is 27.3. The van der Waals surface area contributed by atoms with Crippen molar-refractivity contribution >= 4 is 94.8 Å². The maximum atomic E-state index is 12.8. The van der Waals surface area contributed by atoms with E-state index in [0.717, 1.165) is 78.7 Å². The van der Waals surface area contributed by atoms with Crippen molar-refractivity contribution in [3.63, 3.8) is 0 Å². The Morgan fingerprint density at radius 2 is 0.622 bits per heavy atom. The van der Waals surface area contributed by atoms with Crippen LogP contribution >= 0.6 is 0 Å². The average molecular weight is 1590 g/mol. The largest absolute Gasteiger partial charge is 0.316 e. The lowest BCUT2D eigenvalue weighted by Gasteiger charge is -2.21. The second kappa shape index (κ2) is 39.3. The van der Waals surface area contributed by atoms with Gasteiger partial charge in [0.15, 0.2) is 5.69 Å². The zero-order valence-electron chi connectivity index (χ0n) is 65.1. The van der Waals surface area contributed by atoms with Gasteiger partial charge in [0.1, 0.15) is 5.69 Å². The molecule has 2 aliphatic rings. The predicted octanol–water partition coefficient (Wildman–Crippen LogP) is 13.1. The van der Waals surface area contributed by atoms with Gasteiger partial charge in [-0.25, -0.2) is 0 Å². The summed E-state index contributed by atoms with van der Waals surface area (Å²) in [5, 5.41) is 50.3. The van der Waals surface area contributed by atoms with Crippen LogP contribution in [0.15, 0.2) is 261 Å². The Balaban J connectivity index is 0.000000137. The number of carbonyl (C=O) groups is 8. The van der Waals surface area contributed by atoms with Crippen molar-refractivity contribution in [2.75, 3.05) is 55.6 Å². The fourth-order valence-electron chi connectivity index (χ4n) is 12.7. The number of carbonyl (C=O) groups excluding carboxylic acids is 8. The van der Waals surface area contributed by atoms with Crippen LogP contribution in [0, 0.1) is 39.5 Å². The molecule has 0 bridgehead atoms. The molecule has 16 rings (SSSR count). The number of aryl methyl sites for hydroxylation is 4. The fraction of sp³-hybridized carbons (Fsp3) is 0.161. The molecule has 0 spiro atoms. The van der Waals surface area contributed by atoms with Gasteiger partial charge < -0.3 is 5.32 Å². The Hall–Kier alpha value is -15.7. The van der Waals surface area contributed by atoms with Gasteiger partial charge in [-0.1, -0.05) is 165 Å². The van der Waals surface area contributed by atoms with Gasteiger partial charge in [0.25, 0.3) is 59.2 Å². The molecule has 1 saturated heterocycles. The lowest BCUT2D eigenvalue weighted by Crippen LogP contribution is -2.37. The number of aromatic nitrogens is 15. The summed E-state index contributed by atoms with van der Waals surface area (Å²) in [6.45, 7) is 9.01. The molecular weight excluding hydrogens is 1510 g/mol. The minimum absolute atomic E-state index is 0.000864. The van der Waals surface area contributed by atoms with Crippen LogP contribution in [0.3, 0.4) is 0 Å². The number of para-hydroxylation sites is 4. The molecule has 9 N–H and O–H groups in total. The van der Waals surface area contributed by atoms with E-state index in [4.69, 9.17) is 0 Å². The third kappa shape index (κ3) is 21.4. The van der Waals surface area contributed by atoms with Crippen LogP contribution in [-0.2, 0) is 9.59 Å². The summed E-state index contributed by atoms with van der Waals surface area (Å²) in [6.07, 6.45) is 8.71. The average Bonchev–Trinajstić information content (AvgIpc) is 1.69. The fourth-order valence-corrected chi connectivity index (χ4v) is 12.7. The molecule has 1 unspecified atom stereocenters. The minimum Gasteiger partial charge on any atom is -0.316 e. The smallest absolute Gasteiger partial charge is 0.278 e. The molecule has 14 aromatic rings. The van der Waals surface area contributed by atoms with E-state index < -0.39 is 11.8 Å². The van der Waals surface area contributed by atoms with E-state index in [2.05, 4.69) is 103 Å². The molecular formula is C87H82N24O8. The minimum atomic E-state index is -0.496. The van der Waals surface area contributed by atoms with Crippen molar-refractivity contribution in [1.29, 1.82) is 0 Å². The predicted molar refractivity (Wildman–Crippen MR) is 449 cm³/mol. The van der Waals surface area contributed by atoms with E-state index in [1.807, 2.05) is 198 Å². The highest BCUT2D eigenvalue weighted by Gasteiger charge is 2.28. The van der Waals surface area contributed by atoms with Gasteiger partial charge in [0.05, 0.1) is 28.7 Å². The molecule has 32 heteroatoms. The van der Waals surface area contributed by atoms with Gasteiger partial charge in [0, 0.05) is 47.1 Å². The van der Waals surface area contributed by atoms with Crippen molar-refractivity contribution in [3.8, 4) is 22.7 Å². The van der Waals surface area contributed by atoms with E-state index in [-0.39, 0.29) is 100 Å². The lowest BCUT2D eigenvalue weighted by atomic mass is 9.99. The number of benzene rings is 8. The van der Waals surface area contributed by atoms with Gasteiger partial charge >= 0.3 is 0 Å². The van der Waals surface area contributed by atoms with E-state index in [0.29, 0.717) is 46.1 Å². The van der Waals surface area contributed by atoms with Gasteiger partial charge in [-0.05, 0) is 179 Å². The maximum absolute atomic E-state index is 12.8. The Morgan fingerprint density at radius 1 is 0.311 bits per heavy atom. The molecule has 8 amide bonds. The molecule has 2 fully saturated rings. The summed E-state index contributed by atoms with van der Waals surface area (Å²) in [7, 11) is 0. The van der Waals surface area contributed by atoms with Crippen molar-refractivity contribution in [2.24, 2.45) is 11.8 Å². The Kier molecular flexibility index (Phi) is 26.9. The highest BCUT2D eigenvalue weighted by Crippen LogP contribution is 2.28. The Labute approximate surface area is 682 Å². The van der Waals surface area contributed by atoms with E-state index in [1.165, 1.54) is 32.5 Å². The molecule has 6 aromatic heterocycles.